The molecule has 0 saturated heterocycles. The van der Waals surface area contributed by atoms with E-state index in [4.69, 9.17) is 0 Å². The van der Waals surface area contributed by atoms with Crippen molar-refractivity contribution in [1.29, 1.82) is 0 Å². The van der Waals surface area contributed by atoms with Gasteiger partial charge in [-0.3, -0.25) is 19.8 Å². The molecule has 0 fully saturated rings. The molecule has 1 N–H and O–H groups in total. The van der Waals surface area contributed by atoms with Crippen molar-refractivity contribution in [3.63, 3.8) is 0 Å². The molecule has 0 spiro atoms. The average molecular weight is 305 g/mol. The van der Waals surface area contributed by atoms with Crippen molar-refractivity contribution in [2.45, 2.75) is 6.54 Å². The zero-order valence-corrected chi connectivity index (χ0v) is 12.3. The highest BCUT2D eigenvalue weighted by molar-refractivity contribution is 7.07. The predicted molar refractivity (Wildman–Crippen MR) is 82.4 cm³/mol. The van der Waals surface area contributed by atoms with Crippen LogP contribution >= 0.6 is 11.3 Å². The number of rotatable bonds is 6. The molecule has 21 heavy (non-hydrogen) atoms. The van der Waals surface area contributed by atoms with Gasteiger partial charge in [0.05, 0.1) is 11.5 Å². The van der Waals surface area contributed by atoms with Crippen LogP contribution in [0.5, 0.6) is 0 Å². The summed E-state index contributed by atoms with van der Waals surface area (Å²) in [6, 6.07) is 7.80. The number of anilines is 1. The lowest BCUT2D eigenvalue weighted by Crippen LogP contribution is -2.29. The van der Waals surface area contributed by atoms with Gasteiger partial charge in [0.1, 0.15) is 0 Å². The van der Waals surface area contributed by atoms with Gasteiger partial charge in [-0.25, -0.2) is 0 Å². The Balaban J connectivity index is 1.84. The van der Waals surface area contributed by atoms with Gasteiger partial charge >= 0.3 is 0 Å². The van der Waals surface area contributed by atoms with Crippen molar-refractivity contribution in [3.8, 4) is 0 Å². The van der Waals surface area contributed by atoms with E-state index in [1.165, 1.54) is 29.8 Å². The fraction of sp³-hybridized carbons (Fsp3) is 0.214. The molecule has 0 radical (unpaired) electrons. The highest BCUT2D eigenvalue weighted by atomic mass is 32.1. The van der Waals surface area contributed by atoms with Gasteiger partial charge in [0.25, 0.3) is 5.69 Å². The Morgan fingerprint density at radius 3 is 2.62 bits per heavy atom. The molecule has 1 amide bonds. The number of benzene rings is 1. The molecule has 0 aliphatic heterocycles. The maximum absolute atomic E-state index is 11.9. The van der Waals surface area contributed by atoms with Crippen LogP contribution in [0.3, 0.4) is 0 Å². The van der Waals surface area contributed by atoms with Crippen LogP contribution < -0.4 is 5.32 Å². The second-order valence-corrected chi connectivity index (χ2v) is 5.44. The van der Waals surface area contributed by atoms with E-state index < -0.39 is 4.92 Å². The summed E-state index contributed by atoms with van der Waals surface area (Å²) < 4.78 is 0. The standard InChI is InChI=1S/C14H15N3O3S/c1-16(8-11-6-7-21-10-11)9-14(18)15-12-2-4-13(5-3-12)17(19)20/h2-7,10H,8-9H2,1H3,(H,15,18). The second-order valence-electron chi connectivity index (χ2n) is 4.66. The number of carbonyl (C=O) groups is 1. The molecular weight excluding hydrogens is 290 g/mol. The summed E-state index contributed by atoms with van der Waals surface area (Å²) in [5.41, 5.74) is 1.72. The first-order valence-electron chi connectivity index (χ1n) is 6.28. The first-order valence-corrected chi connectivity index (χ1v) is 7.23. The van der Waals surface area contributed by atoms with Crippen molar-refractivity contribution in [3.05, 3.63) is 56.8 Å². The van der Waals surface area contributed by atoms with Crippen molar-refractivity contribution in [2.75, 3.05) is 18.9 Å². The van der Waals surface area contributed by atoms with Crippen LogP contribution in [0.1, 0.15) is 5.56 Å². The smallest absolute Gasteiger partial charge is 0.269 e. The lowest BCUT2D eigenvalue weighted by atomic mass is 10.3. The number of likely N-dealkylation sites (N-methyl/N-ethyl adjacent to an activating group) is 1. The number of nitrogens with zero attached hydrogens (tertiary/aromatic N) is 2. The third-order valence-electron chi connectivity index (χ3n) is 2.81. The normalized spacial score (nSPS) is 10.6. The minimum absolute atomic E-state index is 0.00238. The highest BCUT2D eigenvalue weighted by Crippen LogP contribution is 2.15. The molecule has 1 aromatic heterocycles. The fourth-order valence-corrected chi connectivity index (χ4v) is 2.52. The Morgan fingerprint density at radius 1 is 1.33 bits per heavy atom. The third kappa shape index (κ3) is 4.66. The molecular formula is C14H15N3O3S. The topological polar surface area (TPSA) is 75.5 Å². The zero-order chi connectivity index (χ0) is 15.2. The molecule has 6 nitrogen and oxygen atoms in total. The minimum atomic E-state index is -0.472. The molecule has 0 unspecified atom stereocenters. The van der Waals surface area contributed by atoms with Crippen LogP contribution in [0.2, 0.25) is 0 Å². The molecule has 0 aliphatic rings. The summed E-state index contributed by atoms with van der Waals surface area (Å²) in [6.07, 6.45) is 0. The van der Waals surface area contributed by atoms with Crippen molar-refractivity contribution in [2.24, 2.45) is 0 Å². The van der Waals surface area contributed by atoms with E-state index in [-0.39, 0.29) is 18.1 Å². The summed E-state index contributed by atoms with van der Waals surface area (Å²) in [5, 5.41) is 17.3. The van der Waals surface area contributed by atoms with Gasteiger partial charge in [0, 0.05) is 24.4 Å². The summed E-state index contributed by atoms with van der Waals surface area (Å²) >= 11 is 1.62. The number of non-ortho nitro benzene ring substituents is 1. The van der Waals surface area contributed by atoms with E-state index >= 15 is 0 Å². The van der Waals surface area contributed by atoms with Crippen LogP contribution in [-0.2, 0) is 11.3 Å². The SMILES string of the molecule is CN(CC(=O)Nc1ccc([N+](=O)[O-])cc1)Cc1ccsc1. The molecule has 1 heterocycles. The summed E-state index contributed by atoms with van der Waals surface area (Å²) in [4.78, 5) is 23.9. The van der Waals surface area contributed by atoms with Gasteiger partial charge in [-0.2, -0.15) is 11.3 Å². The molecule has 0 atom stereocenters. The van der Waals surface area contributed by atoms with E-state index in [0.717, 1.165) is 0 Å². The number of thiophene rings is 1. The average Bonchev–Trinajstić information content (AvgIpc) is 2.91. The predicted octanol–water partition coefficient (Wildman–Crippen LogP) is 2.73. The van der Waals surface area contributed by atoms with Crippen LogP contribution in [0.25, 0.3) is 0 Å². The Kier molecular flexibility index (Phi) is 5.02. The van der Waals surface area contributed by atoms with Gasteiger partial charge in [0.2, 0.25) is 5.91 Å². The first kappa shape index (κ1) is 15.1. The summed E-state index contributed by atoms with van der Waals surface area (Å²) in [7, 11) is 1.87. The maximum atomic E-state index is 11.9. The zero-order valence-electron chi connectivity index (χ0n) is 11.5. The largest absolute Gasteiger partial charge is 0.325 e. The minimum Gasteiger partial charge on any atom is -0.325 e. The monoisotopic (exact) mass is 305 g/mol. The fourth-order valence-electron chi connectivity index (χ4n) is 1.86. The highest BCUT2D eigenvalue weighted by Gasteiger charge is 2.09. The summed E-state index contributed by atoms with van der Waals surface area (Å²) in [6.45, 7) is 0.962. The lowest BCUT2D eigenvalue weighted by Gasteiger charge is -2.15. The van der Waals surface area contributed by atoms with E-state index in [1.807, 2.05) is 28.8 Å². The van der Waals surface area contributed by atoms with Crippen LogP contribution in [0.15, 0.2) is 41.1 Å². The Hall–Kier alpha value is -2.25. The summed E-state index contributed by atoms with van der Waals surface area (Å²) in [5.74, 6) is -0.151. The van der Waals surface area contributed by atoms with Crippen molar-refractivity contribution >= 4 is 28.6 Å². The third-order valence-corrected chi connectivity index (χ3v) is 3.54. The molecule has 2 rings (SSSR count). The molecule has 110 valence electrons. The molecule has 7 heteroatoms. The lowest BCUT2D eigenvalue weighted by molar-refractivity contribution is -0.384. The Bertz CT molecular complexity index is 611. The number of carbonyl (C=O) groups excluding carboxylic acids is 1. The van der Waals surface area contributed by atoms with Gasteiger partial charge in [-0.1, -0.05) is 0 Å². The van der Waals surface area contributed by atoms with E-state index in [1.54, 1.807) is 11.3 Å². The number of amides is 1. The molecule has 0 aliphatic carbocycles. The number of hydrogen-bond donors (Lipinski definition) is 1. The van der Waals surface area contributed by atoms with E-state index in [0.29, 0.717) is 12.2 Å². The van der Waals surface area contributed by atoms with Crippen LogP contribution in [0.4, 0.5) is 11.4 Å². The molecule has 2 aromatic rings. The van der Waals surface area contributed by atoms with Gasteiger partial charge in [-0.15, -0.1) is 0 Å². The quantitative estimate of drug-likeness (QED) is 0.657. The van der Waals surface area contributed by atoms with Gasteiger partial charge < -0.3 is 5.32 Å². The first-order chi connectivity index (χ1) is 10.0. The Morgan fingerprint density at radius 2 is 2.05 bits per heavy atom. The van der Waals surface area contributed by atoms with E-state index in [9.17, 15) is 14.9 Å². The molecule has 1 aromatic carbocycles. The van der Waals surface area contributed by atoms with Crippen LogP contribution in [0, 0.1) is 10.1 Å². The maximum Gasteiger partial charge on any atom is 0.269 e. The van der Waals surface area contributed by atoms with Crippen molar-refractivity contribution < 1.29 is 9.72 Å². The van der Waals surface area contributed by atoms with Gasteiger partial charge in [-0.05, 0) is 41.6 Å². The van der Waals surface area contributed by atoms with Gasteiger partial charge in [0.15, 0.2) is 0 Å². The number of nitrogens with one attached hydrogen (secondary N) is 1. The molecule has 0 bridgehead atoms. The number of nitro groups is 1. The Labute approximate surface area is 126 Å². The van der Waals surface area contributed by atoms with E-state index in [2.05, 4.69) is 5.32 Å². The molecule has 0 saturated carbocycles. The number of nitro benzene ring substituents is 1. The van der Waals surface area contributed by atoms with Crippen LogP contribution in [-0.4, -0.2) is 29.3 Å². The number of hydrogen-bond acceptors (Lipinski definition) is 5. The second kappa shape index (κ2) is 6.96. The van der Waals surface area contributed by atoms with Crippen molar-refractivity contribution in [1.82, 2.24) is 4.90 Å².